The van der Waals surface area contributed by atoms with Gasteiger partial charge in [-0.1, -0.05) is 13.8 Å². The van der Waals surface area contributed by atoms with E-state index in [1.54, 1.807) is 0 Å². The van der Waals surface area contributed by atoms with E-state index in [-0.39, 0.29) is 5.97 Å². The van der Waals surface area contributed by atoms with Gasteiger partial charge >= 0.3 is 5.97 Å². The molecule has 1 aliphatic heterocycles. The predicted octanol–water partition coefficient (Wildman–Crippen LogP) is 2.92. The Balaban J connectivity index is 1.92. The molecule has 3 heterocycles. The summed E-state index contributed by atoms with van der Waals surface area (Å²) in [6.07, 6.45) is 0. The third kappa shape index (κ3) is 5.75. The van der Waals surface area contributed by atoms with Gasteiger partial charge in [0.05, 0.1) is 18.5 Å². The number of nitrogens with zero attached hydrogens (tertiary/aromatic N) is 5. The Morgan fingerprint density at radius 3 is 2.50 bits per heavy atom. The van der Waals surface area contributed by atoms with Gasteiger partial charge in [0.25, 0.3) is 0 Å². The summed E-state index contributed by atoms with van der Waals surface area (Å²) in [6.45, 7) is 14.5. The Hall–Kier alpha value is -1.81. The van der Waals surface area contributed by atoms with Crippen molar-refractivity contribution in [1.29, 1.82) is 0 Å². The molecule has 9 heteroatoms. The van der Waals surface area contributed by atoms with E-state index in [1.807, 2.05) is 27.9 Å². The van der Waals surface area contributed by atoms with Crippen LogP contribution in [0, 0.1) is 12.8 Å². The van der Waals surface area contributed by atoms with Gasteiger partial charge in [-0.05, 0) is 46.5 Å². The molecule has 0 saturated carbocycles. The number of hydrogen-bond donors (Lipinski definition) is 1. The van der Waals surface area contributed by atoms with Crippen molar-refractivity contribution in [2.45, 2.75) is 40.3 Å². The van der Waals surface area contributed by atoms with Crippen LogP contribution in [0.3, 0.4) is 0 Å². The van der Waals surface area contributed by atoms with Crippen molar-refractivity contribution in [3.05, 3.63) is 16.3 Å². The zero-order valence-corrected chi connectivity index (χ0v) is 21.4. The maximum Gasteiger partial charge on any atom is 0.348 e. The van der Waals surface area contributed by atoms with E-state index < -0.39 is 0 Å². The van der Waals surface area contributed by atoms with Crippen molar-refractivity contribution in [3.63, 3.8) is 0 Å². The number of aromatic nitrogens is 2. The molecule has 1 saturated heterocycles. The fraction of sp³-hybridized carbons (Fsp3) is 0.696. The van der Waals surface area contributed by atoms with Crippen LogP contribution in [0.1, 0.15) is 41.8 Å². The molecule has 1 fully saturated rings. The normalized spacial score (nSPS) is 16.8. The smallest absolute Gasteiger partial charge is 0.348 e. The first kappa shape index (κ1) is 24.8. The molecular weight excluding hydrogens is 424 g/mol. The lowest BCUT2D eigenvalue weighted by Crippen LogP contribution is -2.52. The number of aryl methyl sites for hydroxylation is 1. The fourth-order valence-electron chi connectivity index (χ4n) is 4.20. The molecule has 0 aromatic carbocycles. The molecule has 1 N–H and O–H groups in total. The Morgan fingerprint density at radius 1 is 1.22 bits per heavy atom. The molecule has 1 aliphatic rings. The van der Waals surface area contributed by atoms with Crippen molar-refractivity contribution in [2.75, 3.05) is 65.8 Å². The molecule has 0 spiro atoms. The van der Waals surface area contributed by atoms with Crippen LogP contribution in [0.2, 0.25) is 0 Å². The van der Waals surface area contributed by atoms with Crippen molar-refractivity contribution in [3.8, 4) is 0 Å². The zero-order chi connectivity index (χ0) is 23.4. The number of likely N-dealkylation sites (N-methyl/N-ethyl adjacent to an activating group) is 1. The molecule has 0 radical (unpaired) electrons. The molecule has 2 aromatic heterocycles. The van der Waals surface area contributed by atoms with Gasteiger partial charge in [-0.3, -0.25) is 4.90 Å². The van der Waals surface area contributed by atoms with Crippen molar-refractivity contribution < 1.29 is 9.53 Å². The number of esters is 1. The third-order valence-corrected chi connectivity index (χ3v) is 7.18. The number of rotatable bonds is 9. The summed E-state index contributed by atoms with van der Waals surface area (Å²) >= 11 is 1.40. The van der Waals surface area contributed by atoms with Gasteiger partial charge < -0.3 is 19.9 Å². The lowest BCUT2D eigenvalue weighted by atomic mass is 10.0. The molecule has 178 valence electrons. The van der Waals surface area contributed by atoms with Gasteiger partial charge in [0.1, 0.15) is 21.3 Å². The van der Waals surface area contributed by atoms with Crippen LogP contribution in [-0.2, 0) is 11.3 Å². The van der Waals surface area contributed by atoms with Crippen molar-refractivity contribution in [2.24, 2.45) is 5.92 Å². The van der Waals surface area contributed by atoms with E-state index in [1.165, 1.54) is 11.3 Å². The predicted molar refractivity (Wildman–Crippen MR) is 132 cm³/mol. The minimum atomic E-state index is -0.286. The molecule has 0 aliphatic carbocycles. The standard InChI is InChI=1S/C23H38N6O2S/c1-8-31-23(30)20-16(4)19-21(25-18(14-27(5)6)26-22(19)32-20)24-13-17(15(2)3)29-11-9-28(7)10-12-29/h15,17H,8-14H2,1-7H3,(H,24,25,26). The van der Waals surface area contributed by atoms with Gasteiger partial charge in [0, 0.05) is 38.8 Å². The highest BCUT2D eigenvalue weighted by molar-refractivity contribution is 7.20. The number of carbonyl (C=O) groups excluding carboxylic acids is 1. The maximum atomic E-state index is 12.5. The van der Waals surface area contributed by atoms with Gasteiger partial charge in [-0.15, -0.1) is 11.3 Å². The summed E-state index contributed by atoms with van der Waals surface area (Å²) in [5, 5.41) is 4.58. The number of carbonyl (C=O) groups is 1. The van der Waals surface area contributed by atoms with E-state index in [4.69, 9.17) is 14.7 Å². The SMILES string of the molecule is CCOC(=O)c1sc2nc(CN(C)C)nc(NCC(C(C)C)N3CCN(C)CC3)c2c1C. The second-order valence-corrected chi connectivity index (χ2v) is 10.2. The number of fused-ring (bicyclic) bond motifs is 1. The largest absolute Gasteiger partial charge is 0.462 e. The second-order valence-electron chi connectivity index (χ2n) is 9.21. The summed E-state index contributed by atoms with van der Waals surface area (Å²) in [7, 11) is 6.20. The van der Waals surface area contributed by atoms with Gasteiger partial charge in [-0.25, -0.2) is 14.8 Å². The van der Waals surface area contributed by atoms with Crippen molar-refractivity contribution in [1.82, 2.24) is 24.7 Å². The lowest BCUT2D eigenvalue weighted by Gasteiger charge is -2.40. The number of ether oxygens (including phenoxy) is 1. The van der Waals surface area contributed by atoms with Gasteiger partial charge in [0.15, 0.2) is 0 Å². The first-order chi connectivity index (χ1) is 15.2. The molecule has 0 amide bonds. The van der Waals surface area contributed by atoms with Crippen LogP contribution in [0.5, 0.6) is 0 Å². The molecule has 8 nitrogen and oxygen atoms in total. The van der Waals surface area contributed by atoms with E-state index >= 15 is 0 Å². The molecular formula is C23H38N6O2S. The lowest BCUT2D eigenvalue weighted by molar-refractivity contribution is 0.0531. The molecule has 1 atom stereocenters. The second kappa shape index (κ2) is 10.9. The van der Waals surface area contributed by atoms with Crippen LogP contribution >= 0.6 is 11.3 Å². The number of anilines is 1. The molecule has 2 aromatic rings. The first-order valence-corrected chi connectivity index (χ1v) is 12.3. The van der Waals surface area contributed by atoms with Gasteiger partial charge in [-0.2, -0.15) is 0 Å². The topological polar surface area (TPSA) is 73.8 Å². The summed E-state index contributed by atoms with van der Waals surface area (Å²) < 4.78 is 5.27. The highest BCUT2D eigenvalue weighted by atomic mass is 32.1. The van der Waals surface area contributed by atoms with Crippen molar-refractivity contribution >= 4 is 33.3 Å². The van der Waals surface area contributed by atoms with Crippen LogP contribution in [0.4, 0.5) is 5.82 Å². The Kier molecular flexibility index (Phi) is 8.43. The Morgan fingerprint density at radius 2 is 1.91 bits per heavy atom. The highest BCUT2D eigenvalue weighted by Crippen LogP contribution is 2.34. The fourth-order valence-corrected chi connectivity index (χ4v) is 5.29. The minimum Gasteiger partial charge on any atom is -0.462 e. The van der Waals surface area contributed by atoms with Crippen LogP contribution in [0.25, 0.3) is 10.2 Å². The van der Waals surface area contributed by atoms with E-state index in [9.17, 15) is 4.79 Å². The Bertz CT molecular complexity index is 921. The Labute approximate surface area is 195 Å². The molecule has 32 heavy (non-hydrogen) atoms. The highest BCUT2D eigenvalue weighted by Gasteiger charge is 2.26. The van der Waals surface area contributed by atoms with Crippen LogP contribution in [0.15, 0.2) is 0 Å². The van der Waals surface area contributed by atoms with Crippen LogP contribution < -0.4 is 5.32 Å². The first-order valence-electron chi connectivity index (χ1n) is 11.5. The minimum absolute atomic E-state index is 0.286. The van der Waals surface area contributed by atoms with Crippen LogP contribution in [-0.4, -0.2) is 97.2 Å². The van der Waals surface area contributed by atoms with Gasteiger partial charge in [0.2, 0.25) is 0 Å². The third-order valence-electron chi connectivity index (χ3n) is 6.01. The molecule has 0 bridgehead atoms. The monoisotopic (exact) mass is 462 g/mol. The number of nitrogens with one attached hydrogen (secondary N) is 1. The summed E-state index contributed by atoms with van der Waals surface area (Å²) in [4.78, 5) is 30.6. The maximum absolute atomic E-state index is 12.5. The summed E-state index contributed by atoms with van der Waals surface area (Å²) in [5.41, 5.74) is 0.892. The average Bonchev–Trinajstić information content (AvgIpc) is 3.05. The van der Waals surface area contributed by atoms with E-state index in [2.05, 4.69) is 40.9 Å². The summed E-state index contributed by atoms with van der Waals surface area (Å²) in [5.74, 6) is 1.80. The number of piperazine rings is 1. The summed E-state index contributed by atoms with van der Waals surface area (Å²) in [6, 6.07) is 0.412. The van der Waals surface area contributed by atoms with E-state index in [0.29, 0.717) is 30.0 Å². The quantitative estimate of drug-likeness (QED) is 0.570. The number of hydrogen-bond acceptors (Lipinski definition) is 9. The van der Waals surface area contributed by atoms with E-state index in [0.717, 1.165) is 60.1 Å². The molecule has 1 unspecified atom stereocenters. The number of thiophene rings is 1. The molecule has 3 rings (SSSR count). The zero-order valence-electron chi connectivity index (χ0n) is 20.6. The average molecular weight is 463 g/mol.